The van der Waals surface area contributed by atoms with E-state index in [1.807, 2.05) is 27.0 Å². The Balaban J connectivity index is 5.53. The van der Waals surface area contributed by atoms with Crippen molar-refractivity contribution in [2.45, 2.75) is 77.5 Å². The van der Waals surface area contributed by atoms with Gasteiger partial charge in [0.25, 0.3) is 0 Å². The van der Waals surface area contributed by atoms with E-state index in [0.717, 1.165) is 0 Å². The first-order chi connectivity index (χ1) is 15.3. The molecule has 0 aromatic carbocycles. The van der Waals surface area contributed by atoms with Crippen molar-refractivity contribution in [3.05, 3.63) is 0 Å². The minimum absolute atomic E-state index is 0.140. The number of carbonyl (C=O) groups is 5. The summed E-state index contributed by atoms with van der Waals surface area (Å²) in [5.74, 6) is -3.73. The molecule has 0 saturated carbocycles. The molecular weight excluding hydrogens is 450 g/mol. The van der Waals surface area contributed by atoms with Crippen LogP contribution < -0.4 is 27.4 Å². The molecule has 4 amide bonds. The lowest BCUT2D eigenvalue weighted by Crippen LogP contribution is -2.59. The van der Waals surface area contributed by atoms with Crippen LogP contribution in [0.1, 0.15) is 53.4 Å². The van der Waals surface area contributed by atoms with Gasteiger partial charge in [-0.3, -0.25) is 19.2 Å². The van der Waals surface area contributed by atoms with Crippen molar-refractivity contribution >= 4 is 41.4 Å². The van der Waals surface area contributed by atoms with Crippen LogP contribution in [0.15, 0.2) is 0 Å². The molecule has 190 valence electrons. The highest BCUT2D eigenvalue weighted by Gasteiger charge is 2.33. The van der Waals surface area contributed by atoms with Crippen LogP contribution in [0.25, 0.3) is 0 Å². The van der Waals surface area contributed by atoms with Crippen LogP contribution in [0.4, 0.5) is 0 Å². The maximum Gasteiger partial charge on any atom is 0.326 e. The van der Waals surface area contributed by atoms with E-state index in [1.54, 1.807) is 6.92 Å². The van der Waals surface area contributed by atoms with Gasteiger partial charge in [0.2, 0.25) is 23.6 Å². The molecule has 0 rings (SSSR count). The average molecular weight is 490 g/mol. The summed E-state index contributed by atoms with van der Waals surface area (Å²) in [6, 6.07) is -4.38. The SMILES string of the molecule is CCC(C)C(NC(=O)C(CC(N)=O)NC(=O)C(N)CC(C)C)C(=O)NC(CCSC)C(=O)O. The van der Waals surface area contributed by atoms with Gasteiger partial charge in [0, 0.05) is 0 Å². The molecule has 0 aromatic rings. The quantitative estimate of drug-likeness (QED) is 0.168. The number of carbonyl (C=O) groups excluding carboxylic acids is 4. The Morgan fingerprint density at radius 3 is 1.97 bits per heavy atom. The van der Waals surface area contributed by atoms with Crippen molar-refractivity contribution in [3.8, 4) is 0 Å². The van der Waals surface area contributed by atoms with Crippen molar-refractivity contribution in [1.82, 2.24) is 16.0 Å². The van der Waals surface area contributed by atoms with Crippen molar-refractivity contribution in [1.29, 1.82) is 0 Å². The summed E-state index contributed by atoms with van der Waals surface area (Å²) >= 11 is 1.45. The molecule has 33 heavy (non-hydrogen) atoms. The maximum absolute atomic E-state index is 12.9. The number of nitrogens with one attached hydrogen (secondary N) is 3. The van der Waals surface area contributed by atoms with E-state index in [2.05, 4.69) is 16.0 Å². The molecule has 0 bridgehead atoms. The Bertz CT molecular complexity index is 690. The molecule has 5 unspecified atom stereocenters. The molecule has 11 nitrogen and oxygen atoms in total. The number of aliphatic carboxylic acids is 1. The van der Waals surface area contributed by atoms with Gasteiger partial charge in [-0.1, -0.05) is 34.1 Å². The second-order valence-corrected chi connectivity index (χ2v) is 9.51. The zero-order valence-corrected chi connectivity index (χ0v) is 20.9. The third kappa shape index (κ3) is 11.9. The molecule has 0 aliphatic rings. The summed E-state index contributed by atoms with van der Waals surface area (Å²) in [6.45, 7) is 7.31. The van der Waals surface area contributed by atoms with Crippen LogP contribution in [0.2, 0.25) is 0 Å². The molecule has 0 heterocycles. The van der Waals surface area contributed by atoms with E-state index < -0.39 is 60.2 Å². The van der Waals surface area contributed by atoms with Gasteiger partial charge in [-0.15, -0.1) is 0 Å². The molecule has 0 aliphatic heterocycles. The lowest BCUT2D eigenvalue weighted by molar-refractivity contribution is -0.142. The Kier molecular flexibility index (Phi) is 14.4. The number of amides is 4. The largest absolute Gasteiger partial charge is 0.480 e. The number of carboxylic acid groups (broad SMARTS) is 1. The fourth-order valence-corrected chi connectivity index (χ4v) is 3.49. The van der Waals surface area contributed by atoms with Crippen LogP contribution in [0.5, 0.6) is 0 Å². The van der Waals surface area contributed by atoms with E-state index in [9.17, 15) is 29.1 Å². The number of thioether (sulfide) groups is 1. The molecule has 12 heteroatoms. The van der Waals surface area contributed by atoms with E-state index in [4.69, 9.17) is 11.5 Å². The first kappa shape index (κ1) is 30.7. The van der Waals surface area contributed by atoms with Gasteiger partial charge in [0.1, 0.15) is 18.1 Å². The molecule has 5 atom stereocenters. The first-order valence-corrected chi connectivity index (χ1v) is 12.4. The Hall–Kier alpha value is -2.34. The van der Waals surface area contributed by atoms with E-state index in [-0.39, 0.29) is 18.3 Å². The number of nitrogens with two attached hydrogens (primary N) is 2. The topological polar surface area (TPSA) is 194 Å². The summed E-state index contributed by atoms with van der Waals surface area (Å²) in [4.78, 5) is 61.1. The van der Waals surface area contributed by atoms with Gasteiger partial charge >= 0.3 is 5.97 Å². The van der Waals surface area contributed by atoms with Crippen LogP contribution in [0.3, 0.4) is 0 Å². The lowest BCUT2D eigenvalue weighted by Gasteiger charge is -2.28. The molecule has 0 radical (unpaired) electrons. The van der Waals surface area contributed by atoms with Crippen LogP contribution >= 0.6 is 11.8 Å². The standard InChI is InChI=1S/C21H39N5O6S/c1-6-12(4)17(20(30)24-14(21(31)32)7-8-33-5)26-19(29)15(10-16(23)27)25-18(28)13(22)9-11(2)3/h11-15,17H,6-10,22H2,1-5H3,(H2,23,27)(H,24,30)(H,25,28)(H,26,29)(H,31,32). The first-order valence-electron chi connectivity index (χ1n) is 11.0. The third-order valence-corrected chi connectivity index (χ3v) is 5.76. The second-order valence-electron chi connectivity index (χ2n) is 8.52. The van der Waals surface area contributed by atoms with Gasteiger partial charge in [0.15, 0.2) is 0 Å². The summed E-state index contributed by atoms with van der Waals surface area (Å²) in [7, 11) is 0. The summed E-state index contributed by atoms with van der Waals surface area (Å²) in [5, 5.41) is 16.8. The summed E-state index contributed by atoms with van der Waals surface area (Å²) in [5.41, 5.74) is 11.1. The average Bonchev–Trinajstić information content (AvgIpc) is 2.72. The molecular formula is C21H39N5O6S. The lowest BCUT2D eigenvalue weighted by atomic mass is 9.97. The Morgan fingerprint density at radius 2 is 1.52 bits per heavy atom. The highest BCUT2D eigenvalue weighted by Crippen LogP contribution is 2.11. The van der Waals surface area contributed by atoms with Gasteiger partial charge in [-0.25, -0.2) is 4.79 Å². The van der Waals surface area contributed by atoms with Crippen LogP contribution in [0, 0.1) is 11.8 Å². The van der Waals surface area contributed by atoms with Gasteiger partial charge in [0.05, 0.1) is 12.5 Å². The van der Waals surface area contributed by atoms with Gasteiger partial charge < -0.3 is 32.5 Å². The van der Waals surface area contributed by atoms with Crippen molar-refractivity contribution in [2.24, 2.45) is 23.3 Å². The Morgan fingerprint density at radius 1 is 0.939 bits per heavy atom. The smallest absolute Gasteiger partial charge is 0.326 e. The molecule has 0 spiro atoms. The normalized spacial score (nSPS) is 15.6. The zero-order valence-electron chi connectivity index (χ0n) is 20.1. The van der Waals surface area contributed by atoms with Crippen molar-refractivity contribution in [3.63, 3.8) is 0 Å². The fourth-order valence-electron chi connectivity index (χ4n) is 3.01. The molecule has 0 saturated heterocycles. The number of hydrogen-bond donors (Lipinski definition) is 6. The molecule has 0 aromatic heterocycles. The third-order valence-electron chi connectivity index (χ3n) is 5.12. The molecule has 0 aliphatic carbocycles. The highest BCUT2D eigenvalue weighted by molar-refractivity contribution is 7.98. The number of primary amides is 1. The fraction of sp³-hybridized carbons (Fsp3) is 0.762. The van der Waals surface area contributed by atoms with E-state index in [0.29, 0.717) is 18.6 Å². The summed E-state index contributed by atoms with van der Waals surface area (Å²) in [6.07, 6.45) is 2.45. The Labute approximate surface area is 199 Å². The van der Waals surface area contributed by atoms with Gasteiger partial charge in [-0.2, -0.15) is 11.8 Å². The predicted octanol–water partition coefficient (Wildman–Crippen LogP) is -0.427. The molecule has 8 N–H and O–H groups in total. The van der Waals surface area contributed by atoms with Crippen LogP contribution in [-0.2, 0) is 24.0 Å². The molecule has 0 fully saturated rings. The maximum atomic E-state index is 12.9. The van der Waals surface area contributed by atoms with E-state index in [1.165, 1.54) is 11.8 Å². The minimum atomic E-state index is -1.32. The minimum Gasteiger partial charge on any atom is -0.480 e. The second kappa shape index (κ2) is 15.5. The van der Waals surface area contributed by atoms with Crippen molar-refractivity contribution in [2.75, 3.05) is 12.0 Å². The van der Waals surface area contributed by atoms with Crippen LogP contribution in [-0.4, -0.2) is 70.9 Å². The monoisotopic (exact) mass is 489 g/mol. The predicted molar refractivity (Wildman–Crippen MR) is 127 cm³/mol. The van der Waals surface area contributed by atoms with E-state index >= 15 is 0 Å². The number of hydrogen-bond acceptors (Lipinski definition) is 7. The van der Waals surface area contributed by atoms with Gasteiger partial charge in [-0.05, 0) is 36.7 Å². The summed E-state index contributed by atoms with van der Waals surface area (Å²) < 4.78 is 0. The number of carboxylic acids is 1. The number of rotatable bonds is 16. The highest BCUT2D eigenvalue weighted by atomic mass is 32.2. The van der Waals surface area contributed by atoms with Crippen molar-refractivity contribution < 1.29 is 29.1 Å². The zero-order chi connectivity index (χ0) is 25.7.